The van der Waals surface area contributed by atoms with Crippen molar-refractivity contribution in [3.05, 3.63) is 37.0 Å². The van der Waals surface area contributed by atoms with Gasteiger partial charge in [0, 0.05) is 4.88 Å². The number of nitrogens with one attached hydrogen (secondary N) is 1. The van der Waals surface area contributed by atoms with Crippen molar-refractivity contribution in [3.8, 4) is 0 Å². The molecule has 1 atom stereocenters. The minimum Gasteiger partial charge on any atom is -0.477 e. The van der Waals surface area contributed by atoms with Gasteiger partial charge in [-0.1, -0.05) is 6.42 Å². The van der Waals surface area contributed by atoms with E-state index >= 15 is 0 Å². The maximum Gasteiger partial charge on any atom is 0.347 e. The summed E-state index contributed by atoms with van der Waals surface area (Å²) in [4.78, 5) is 30.2. The highest BCUT2D eigenvalue weighted by atomic mass is 32.1. The Morgan fingerprint density at radius 1 is 1.25 bits per heavy atom. The first-order valence-electron chi connectivity index (χ1n) is 8.08. The Hall–Kier alpha value is -1.73. The molecule has 0 fully saturated rings. The van der Waals surface area contributed by atoms with Gasteiger partial charge in [-0.15, -0.1) is 22.7 Å². The monoisotopic (exact) mass is 364 g/mol. The Morgan fingerprint density at radius 3 is 2.71 bits per heavy atom. The van der Waals surface area contributed by atoms with Crippen LogP contribution in [-0.2, 0) is 12.8 Å². The Morgan fingerprint density at radius 2 is 2.00 bits per heavy atom. The van der Waals surface area contributed by atoms with Gasteiger partial charge >= 0.3 is 5.97 Å². The van der Waals surface area contributed by atoms with Crippen LogP contribution in [0.15, 0.2) is 6.07 Å². The largest absolute Gasteiger partial charge is 0.477 e. The van der Waals surface area contributed by atoms with Crippen molar-refractivity contribution in [2.24, 2.45) is 0 Å². The summed E-state index contributed by atoms with van der Waals surface area (Å²) in [6, 6.07) is 1.71. The van der Waals surface area contributed by atoms with E-state index in [-0.39, 0.29) is 16.8 Å². The molecule has 2 aromatic heterocycles. The standard InChI is InChI=1S/C17H20N2O3S2/c1-9-14(17(21)22)24-16(19-9)10(2)18-15(20)13-8-11-6-4-3-5-7-12(11)23-13/h8,10H,3-7H2,1-2H3,(H,18,20)(H,21,22). The summed E-state index contributed by atoms with van der Waals surface area (Å²) in [5, 5.41) is 12.7. The number of thiophene rings is 1. The average molecular weight is 364 g/mol. The molecule has 0 aromatic carbocycles. The lowest BCUT2D eigenvalue weighted by Crippen LogP contribution is -2.25. The van der Waals surface area contributed by atoms with Gasteiger partial charge in [0.2, 0.25) is 0 Å². The number of aromatic nitrogens is 1. The molecule has 2 aromatic rings. The Kier molecular flexibility index (Phi) is 5.01. The first-order chi connectivity index (χ1) is 11.5. The topological polar surface area (TPSA) is 79.3 Å². The Balaban J connectivity index is 1.72. The average Bonchev–Trinajstić information content (AvgIpc) is 3.05. The number of carbonyl (C=O) groups is 2. The highest BCUT2D eigenvalue weighted by Crippen LogP contribution is 2.30. The SMILES string of the molecule is Cc1nc(C(C)NC(=O)c2cc3c(s2)CCCCC3)sc1C(=O)O. The van der Waals surface area contributed by atoms with Gasteiger partial charge in [-0.2, -0.15) is 0 Å². The number of hydrogen-bond donors (Lipinski definition) is 2. The van der Waals surface area contributed by atoms with Crippen molar-refractivity contribution in [1.82, 2.24) is 10.3 Å². The summed E-state index contributed by atoms with van der Waals surface area (Å²) in [7, 11) is 0. The molecule has 0 bridgehead atoms. The molecule has 24 heavy (non-hydrogen) atoms. The quantitative estimate of drug-likeness (QED) is 0.805. The van der Waals surface area contributed by atoms with E-state index in [0.29, 0.717) is 10.7 Å². The van der Waals surface area contributed by atoms with E-state index in [4.69, 9.17) is 5.11 Å². The third-order valence-corrected chi connectivity index (χ3v) is 6.76. The lowest BCUT2D eigenvalue weighted by atomic mass is 10.1. The maximum absolute atomic E-state index is 12.5. The summed E-state index contributed by atoms with van der Waals surface area (Å²) < 4.78 is 0. The molecule has 2 heterocycles. The summed E-state index contributed by atoms with van der Waals surface area (Å²) in [5.74, 6) is -1.08. The number of aryl methyl sites for hydroxylation is 3. The lowest BCUT2D eigenvalue weighted by Gasteiger charge is -2.10. The van der Waals surface area contributed by atoms with Crippen LogP contribution in [0, 0.1) is 6.92 Å². The number of nitrogens with zero attached hydrogens (tertiary/aromatic N) is 1. The van der Waals surface area contributed by atoms with Crippen LogP contribution in [0.1, 0.15) is 72.7 Å². The zero-order valence-corrected chi connectivity index (χ0v) is 15.4. The van der Waals surface area contributed by atoms with Crippen molar-refractivity contribution in [2.75, 3.05) is 0 Å². The molecule has 0 aliphatic heterocycles. The third-order valence-electron chi connectivity index (χ3n) is 4.20. The number of aromatic carboxylic acids is 1. The predicted octanol–water partition coefficient (Wildman–Crippen LogP) is 3.97. The second kappa shape index (κ2) is 7.03. The predicted molar refractivity (Wildman–Crippen MR) is 95.3 cm³/mol. The van der Waals surface area contributed by atoms with Gasteiger partial charge < -0.3 is 10.4 Å². The smallest absolute Gasteiger partial charge is 0.347 e. The molecule has 128 valence electrons. The molecular formula is C17H20N2O3S2. The van der Waals surface area contributed by atoms with Gasteiger partial charge in [-0.3, -0.25) is 4.79 Å². The first-order valence-corrected chi connectivity index (χ1v) is 9.72. The first kappa shape index (κ1) is 17.1. The number of fused-ring (bicyclic) bond motifs is 1. The molecule has 2 N–H and O–H groups in total. The van der Waals surface area contributed by atoms with Crippen LogP contribution in [0.2, 0.25) is 0 Å². The van der Waals surface area contributed by atoms with Crippen molar-refractivity contribution >= 4 is 34.6 Å². The third kappa shape index (κ3) is 3.52. The van der Waals surface area contributed by atoms with Crippen LogP contribution in [0.25, 0.3) is 0 Å². The van der Waals surface area contributed by atoms with Gasteiger partial charge in [-0.05, 0) is 51.2 Å². The maximum atomic E-state index is 12.5. The molecule has 3 rings (SSSR count). The minimum absolute atomic E-state index is 0.106. The van der Waals surface area contributed by atoms with Crippen LogP contribution < -0.4 is 5.32 Å². The molecule has 5 nitrogen and oxygen atoms in total. The van der Waals surface area contributed by atoms with E-state index in [9.17, 15) is 9.59 Å². The molecule has 0 saturated carbocycles. The lowest BCUT2D eigenvalue weighted by molar-refractivity contribution is 0.0701. The van der Waals surface area contributed by atoms with Crippen molar-refractivity contribution in [1.29, 1.82) is 0 Å². The van der Waals surface area contributed by atoms with E-state index in [0.717, 1.165) is 29.1 Å². The summed E-state index contributed by atoms with van der Waals surface area (Å²) in [6.07, 6.45) is 5.77. The van der Waals surface area contributed by atoms with Crippen LogP contribution in [0.5, 0.6) is 0 Å². The molecule has 1 aliphatic rings. The van der Waals surface area contributed by atoms with Gasteiger partial charge in [0.25, 0.3) is 5.91 Å². The van der Waals surface area contributed by atoms with Gasteiger partial charge in [0.15, 0.2) is 0 Å². The van der Waals surface area contributed by atoms with Crippen molar-refractivity contribution < 1.29 is 14.7 Å². The molecule has 1 unspecified atom stereocenters. The molecular weight excluding hydrogens is 344 g/mol. The van der Waals surface area contributed by atoms with E-state index in [1.807, 2.05) is 13.0 Å². The number of carboxylic acids is 1. The van der Waals surface area contributed by atoms with Gasteiger partial charge in [-0.25, -0.2) is 9.78 Å². The second-order valence-electron chi connectivity index (χ2n) is 6.09. The Labute approximate surface area is 148 Å². The molecule has 0 spiro atoms. The summed E-state index contributed by atoms with van der Waals surface area (Å²) in [5.41, 5.74) is 1.81. The van der Waals surface area contributed by atoms with Gasteiger partial charge in [0.1, 0.15) is 9.88 Å². The Bertz CT molecular complexity index is 755. The fourth-order valence-corrected chi connectivity index (χ4v) is 4.97. The zero-order valence-electron chi connectivity index (χ0n) is 13.7. The van der Waals surface area contributed by atoms with E-state index in [2.05, 4.69) is 10.3 Å². The highest BCUT2D eigenvalue weighted by molar-refractivity contribution is 7.14. The molecule has 7 heteroatoms. The van der Waals surface area contributed by atoms with E-state index < -0.39 is 5.97 Å². The van der Waals surface area contributed by atoms with Crippen molar-refractivity contribution in [2.45, 2.75) is 52.0 Å². The van der Waals surface area contributed by atoms with Crippen LogP contribution in [0.4, 0.5) is 0 Å². The fraction of sp³-hybridized carbons (Fsp3) is 0.471. The number of thiazole rings is 1. The number of carbonyl (C=O) groups excluding carboxylic acids is 1. The van der Waals surface area contributed by atoms with Crippen LogP contribution >= 0.6 is 22.7 Å². The van der Waals surface area contributed by atoms with Crippen LogP contribution in [0.3, 0.4) is 0 Å². The highest BCUT2D eigenvalue weighted by Gasteiger charge is 2.21. The number of amides is 1. The van der Waals surface area contributed by atoms with Gasteiger partial charge in [0.05, 0.1) is 16.6 Å². The number of carboxylic acid groups (broad SMARTS) is 1. The number of rotatable bonds is 4. The number of hydrogen-bond acceptors (Lipinski definition) is 5. The molecule has 0 saturated heterocycles. The second-order valence-corrected chi connectivity index (χ2v) is 8.25. The van der Waals surface area contributed by atoms with E-state index in [1.165, 1.54) is 29.7 Å². The van der Waals surface area contributed by atoms with Crippen LogP contribution in [-0.4, -0.2) is 22.0 Å². The zero-order chi connectivity index (χ0) is 17.3. The van der Waals surface area contributed by atoms with Crippen molar-refractivity contribution in [3.63, 3.8) is 0 Å². The molecule has 1 aliphatic carbocycles. The normalized spacial score (nSPS) is 15.4. The van der Waals surface area contributed by atoms with E-state index in [1.54, 1.807) is 18.3 Å². The fourth-order valence-electron chi connectivity index (χ4n) is 2.91. The minimum atomic E-state index is -0.975. The summed E-state index contributed by atoms with van der Waals surface area (Å²) >= 11 is 2.71. The molecule has 1 amide bonds. The summed E-state index contributed by atoms with van der Waals surface area (Å²) in [6.45, 7) is 3.51. The molecule has 0 radical (unpaired) electrons.